The summed E-state index contributed by atoms with van der Waals surface area (Å²) in [5, 5.41) is 3.01. The summed E-state index contributed by atoms with van der Waals surface area (Å²) in [5.74, 6) is 5.56. The largest absolute Gasteiger partial charge is 0.386 e. The molecule has 0 amide bonds. The van der Waals surface area contributed by atoms with Gasteiger partial charge in [-0.2, -0.15) is 0 Å². The number of pyridine rings is 1. The van der Waals surface area contributed by atoms with Crippen LogP contribution in [0.2, 0.25) is 0 Å². The molecule has 2 aromatic heterocycles. The van der Waals surface area contributed by atoms with Crippen LogP contribution in [0.15, 0.2) is 18.6 Å². The number of rotatable bonds is 1. The Labute approximate surface area is 69.2 Å². The maximum absolute atomic E-state index is 5.56. The molecule has 0 bridgehead atoms. The number of aromatic nitrogens is 3. The zero-order valence-electron chi connectivity index (χ0n) is 6.65. The highest BCUT2D eigenvalue weighted by Crippen LogP contribution is 2.17. The lowest BCUT2D eigenvalue weighted by Crippen LogP contribution is -2.06. The molecule has 0 radical (unpaired) electrons. The van der Waals surface area contributed by atoms with Crippen molar-refractivity contribution < 1.29 is 0 Å². The molecule has 3 N–H and O–H groups in total. The summed E-state index contributed by atoms with van der Waals surface area (Å²) < 4.78 is 1.40. The fourth-order valence-corrected chi connectivity index (χ4v) is 1.14. The number of imidazole rings is 1. The summed E-state index contributed by atoms with van der Waals surface area (Å²) >= 11 is 0. The third-order valence-corrected chi connectivity index (χ3v) is 1.73. The van der Waals surface area contributed by atoms with E-state index in [1.165, 1.54) is 4.68 Å². The van der Waals surface area contributed by atoms with Gasteiger partial charge in [0.15, 0.2) is 5.65 Å². The van der Waals surface area contributed by atoms with Crippen molar-refractivity contribution in [2.24, 2.45) is 0 Å². The molecular formula is C7H9N5. The van der Waals surface area contributed by atoms with E-state index in [4.69, 9.17) is 5.84 Å². The van der Waals surface area contributed by atoms with Gasteiger partial charge in [-0.3, -0.25) is 0 Å². The van der Waals surface area contributed by atoms with Crippen molar-refractivity contribution >= 4 is 16.9 Å². The fraction of sp³-hybridized carbons (Fsp3) is 0.143. The lowest BCUT2D eigenvalue weighted by molar-refractivity contribution is 1.01. The van der Waals surface area contributed by atoms with Gasteiger partial charge in [-0.25, -0.2) is 14.6 Å². The quantitative estimate of drug-likeness (QED) is 0.589. The second-order valence-corrected chi connectivity index (χ2v) is 2.43. The minimum atomic E-state index is 0.682. The molecule has 0 aliphatic heterocycles. The van der Waals surface area contributed by atoms with Crippen LogP contribution < -0.4 is 11.2 Å². The summed E-state index contributed by atoms with van der Waals surface area (Å²) in [6, 6.07) is 1.86. The number of hydrogen-bond acceptors (Lipinski definition) is 4. The van der Waals surface area contributed by atoms with Gasteiger partial charge < -0.3 is 11.2 Å². The smallest absolute Gasteiger partial charge is 0.180 e. The summed E-state index contributed by atoms with van der Waals surface area (Å²) in [6.07, 6.45) is 3.23. The summed E-state index contributed by atoms with van der Waals surface area (Å²) in [6.45, 7) is 0. The fourth-order valence-electron chi connectivity index (χ4n) is 1.14. The molecule has 12 heavy (non-hydrogen) atoms. The Morgan fingerprint density at radius 2 is 2.33 bits per heavy atom. The Balaban J connectivity index is 2.81. The molecule has 2 heterocycles. The average Bonchev–Trinajstić information content (AvgIpc) is 2.48. The van der Waals surface area contributed by atoms with Gasteiger partial charge >= 0.3 is 0 Å². The zero-order chi connectivity index (χ0) is 8.55. The predicted molar refractivity (Wildman–Crippen MR) is 47.2 cm³/mol. The average molecular weight is 163 g/mol. The van der Waals surface area contributed by atoms with E-state index in [1.807, 2.05) is 13.1 Å². The molecule has 0 unspecified atom stereocenters. The highest BCUT2D eigenvalue weighted by atomic mass is 15.3. The van der Waals surface area contributed by atoms with Gasteiger partial charge in [0, 0.05) is 13.2 Å². The van der Waals surface area contributed by atoms with Crippen LogP contribution in [-0.4, -0.2) is 21.7 Å². The van der Waals surface area contributed by atoms with Gasteiger partial charge in [0.2, 0.25) is 0 Å². The maximum atomic E-state index is 5.56. The van der Waals surface area contributed by atoms with Gasteiger partial charge in [-0.15, -0.1) is 0 Å². The number of nitrogens with one attached hydrogen (secondary N) is 1. The van der Waals surface area contributed by atoms with Crippen molar-refractivity contribution in [3.8, 4) is 0 Å². The number of nitrogens with zero attached hydrogens (tertiary/aromatic N) is 3. The minimum absolute atomic E-state index is 0.682. The molecule has 2 rings (SSSR count). The normalized spacial score (nSPS) is 10.4. The second kappa shape index (κ2) is 2.37. The highest BCUT2D eigenvalue weighted by Gasteiger charge is 2.04. The second-order valence-electron chi connectivity index (χ2n) is 2.43. The van der Waals surface area contributed by atoms with Gasteiger partial charge in [-0.05, 0) is 6.07 Å². The van der Waals surface area contributed by atoms with E-state index < -0.39 is 0 Å². The first-order valence-corrected chi connectivity index (χ1v) is 3.58. The first kappa shape index (κ1) is 6.90. The lowest BCUT2D eigenvalue weighted by atomic mass is 10.3. The zero-order valence-corrected chi connectivity index (χ0v) is 6.65. The molecular weight excluding hydrogens is 154 g/mol. The van der Waals surface area contributed by atoms with E-state index in [9.17, 15) is 0 Å². The highest BCUT2D eigenvalue weighted by molar-refractivity contribution is 5.85. The Morgan fingerprint density at radius 3 is 3.08 bits per heavy atom. The minimum Gasteiger partial charge on any atom is -0.386 e. The molecule has 0 aromatic carbocycles. The molecule has 0 spiro atoms. The van der Waals surface area contributed by atoms with Crippen molar-refractivity contribution in [2.75, 3.05) is 18.2 Å². The molecule has 0 saturated carbocycles. The first-order valence-electron chi connectivity index (χ1n) is 3.58. The lowest BCUT2D eigenvalue weighted by Gasteiger charge is -1.99. The predicted octanol–water partition coefficient (Wildman–Crippen LogP) is 0.187. The SMILES string of the molecule is CNc1ccnc2c1ncn2N. The molecule has 0 saturated heterocycles. The van der Waals surface area contributed by atoms with E-state index in [2.05, 4.69) is 15.3 Å². The van der Waals surface area contributed by atoms with Crippen LogP contribution in [0, 0.1) is 0 Å². The third-order valence-electron chi connectivity index (χ3n) is 1.73. The number of hydrogen-bond donors (Lipinski definition) is 2. The molecule has 0 atom stereocenters. The maximum Gasteiger partial charge on any atom is 0.180 e. The molecule has 5 heteroatoms. The van der Waals surface area contributed by atoms with Crippen LogP contribution in [0.25, 0.3) is 11.2 Å². The number of anilines is 1. The van der Waals surface area contributed by atoms with Crippen molar-refractivity contribution in [3.63, 3.8) is 0 Å². The monoisotopic (exact) mass is 163 g/mol. The van der Waals surface area contributed by atoms with Crippen LogP contribution >= 0.6 is 0 Å². The molecule has 62 valence electrons. The van der Waals surface area contributed by atoms with Gasteiger partial charge in [0.05, 0.1) is 5.69 Å². The Bertz CT molecular complexity index is 405. The Morgan fingerprint density at radius 1 is 1.50 bits per heavy atom. The molecule has 5 nitrogen and oxygen atoms in total. The van der Waals surface area contributed by atoms with Crippen LogP contribution in [0.3, 0.4) is 0 Å². The summed E-state index contributed by atoms with van der Waals surface area (Å²) in [4.78, 5) is 8.19. The van der Waals surface area contributed by atoms with Crippen LogP contribution in [-0.2, 0) is 0 Å². The molecule has 0 aliphatic rings. The molecule has 0 aliphatic carbocycles. The van der Waals surface area contributed by atoms with Gasteiger partial charge in [0.25, 0.3) is 0 Å². The number of fused-ring (bicyclic) bond motifs is 1. The molecule has 0 fully saturated rings. The van der Waals surface area contributed by atoms with E-state index in [0.717, 1.165) is 11.2 Å². The summed E-state index contributed by atoms with van der Waals surface area (Å²) in [7, 11) is 1.84. The van der Waals surface area contributed by atoms with Gasteiger partial charge in [-0.1, -0.05) is 0 Å². The van der Waals surface area contributed by atoms with E-state index >= 15 is 0 Å². The first-order chi connectivity index (χ1) is 5.83. The number of nitrogens with two attached hydrogens (primary N) is 1. The van der Waals surface area contributed by atoms with Crippen LogP contribution in [0.1, 0.15) is 0 Å². The van der Waals surface area contributed by atoms with Crippen molar-refractivity contribution in [1.29, 1.82) is 0 Å². The van der Waals surface area contributed by atoms with Crippen molar-refractivity contribution in [3.05, 3.63) is 18.6 Å². The summed E-state index contributed by atoms with van der Waals surface area (Å²) in [5.41, 5.74) is 2.41. The standard InChI is InChI=1S/C7H9N5/c1-9-5-2-3-10-7-6(5)11-4-12(7)8/h2-4H,8H2,1H3,(H,9,10). The van der Waals surface area contributed by atoms with Crippen molar-refractivity contribution in [1.82, 2.24) is 14.6 Å². The van der Waals surface area contributed by atoms with E-state index in [1.54, 1.807) is 12.5 Å². The van der Waals surface area contributed by atoms with Crippen LogP contribution in [0.4, 0.5) is 5.69 Å². The van der Waals surface area contributed by atoms with Crippen LogP contribution in [0.5, 0.6) is 0 Å². The third kappa shape index (κ3) is 0.795. The Kier molecular flexibility index (Phi) is 1.36. The molecule has 2 aromatic rings. The van der Waals surface area contributed by atoms with Gasteiger partial charge in [0.1, 0.15) is 11.8 Å². The Hall–Kier alpha value is -1.78. The number of nitrogen functional groups attached to an aromatic ring is 1. The topological polar surface area (TPSA) is 68.8 Å². The van der Waals surface area contributed by atoms with E-state index in [0.29, 0.717) is 5.65 Å². The van der Waals surface area contributed by atoms with Crippen molar-refractivity contribution in [2.45, 2.75) is 0 Å². The van der Waals surface area contributed by atoms with E-state index in [-0.39, 0.29) is 0 Å².